The number of ether oxygens (including phenoxy) is 1. The van der Waals surface area contributed by atoms with Gasteiger partial charge in [-0.05, 0) is 62.3 Å². The van der Waals surface area contributed by atoms with Crippen molar-refractivity contribution in [2.24, 2.45) is 11.8 Å². The Balaban J connectivity index is 1.63. The summed E-state index contributed by atoms with van der Waals surface area (Å²) in [5.74, 6) is 0.702. The van der Waals surface area contributed by atoms with Crippen molar-refractivity contribution in [3.05, 3.63) is 29.8 Å². The number of piperidine rings is 1. The van der Waals surface area contributed by atoms with Crippen LogP contribution in [0.3, 0.4) is 0 Å². The Morgan fingerprint density at radius 3 is 2.29 bits per heavy atom. The molecule has 0 radical (unpaired) electrons. The molecule has 31 heavy (non-hydrogen) atoms. The fourth-order valence-corrected chi connectivity index (χ4v) is 4.61. The fraction of sp³-hybridized carbons (Fsp3) is 0.625. The van der Waals surface area contributed by atoms with E-state index in [9.17, 15) is 14.4 Å². The van der Waals surface area contributed by atoms with Crippen molar-refractivity contribution in [3.63, 3.8) is 0 Å². The zero-order valence-corrected chi connectivity index (χ0v) is 18.7. The van der Waals surface area contributed by atoms with Gasteiger partial charge in [-0.1, -0.05) is 19.8 Å². The molecule has 1 saturated heterocycles. The van der Waals surface area contributed by atoms with Gasteiger partial charge in [0.2, 0.25) is 11.8 Å². The highest BCUT2D eigenvalue weighted by Crippen LogP contribution is 2.29. The molecule has 1 aliphatic carbocycles. The molecule has 2 aliphatic rings. The van der Waals surface area contributed by atoms with Crippen LogP contribution in [-0.4, -0.2) is 55.4 Å². The molecule has 1 aliphatic heterocycles. The quantitative estimate of drug-likeness (QED) is 0.665. The van der Waals surface area contributed by atoms with E-state index in [1.807, 2.05) is 11.8 Å². The number of nitrogens with zero attached hydrogens (tertiary/aromatic N) is 1. The Hall–Kier alpha value is -2.57. The van der Waals surface area contributed by atoms with Crippen LogP contribution in [-0.2, 0) is 9.59 Å². The maximum Gasteiger partial charge on any atom is 0.251 e. The molecule has 3 rings (SSSR count). The molecule has 0 spiro atoms. The highest BCUT2D eigenvalue weighted by Gasteiger charge is 2.35. The third-order valence-electron chi connectivity index (χ3n) is 6.50. The van der Waals surface area contributed by atoms with Crippen LogP contribution in [0.5, 0.6) is 5.75 Å². The van der Waals surface area contributed by atoms with Crippen LogP contribution in [0, 0.1) is 11.8 Å². The number of carbonyl (C=O) groups excluding carboxylic acids is 3. The first-order valence-electron chi connectivity index (χ1n) is 11.5. The van der Waals surface area contributed by atoms with Crippen molar-refractivity contribution >= 4 is 17.7 Å². The van der Waals surface area contributed by atoms with E-state index < -0.39 is 6.04 Å². The smallest absolute Gasteiger partial charge is 0.251 e. The van der Waals surface area contributed by atoms with Gasteiger partial charge in [0.1, 0.15) is 11.8 Å². The van der Waals surface area contributed by atoms with Gasteiger partial charge >= 0.3 is 0 Å². The topological polar surface area (TPSA) is 87.7 Å². The van der Waals surface area contributed by atoms with E-state index >= 15 is 0 Å². The van der Waals surface area contributed by atoms with E-state index in [4.69, 9.17) is 4.74 Å². The molecule has 1 aromatic carbocycles. The number of hydrogen-bond acceptors (Lipinski definition) is 4. The lowest BCUT2D eigenvalue weighted by Crippen LogP contribution is -2.54. The number of rotatable bonds is 8. The summed E-state index contributed by atoms with van der Waals surface area (Å²) in [5, 5.41) is 5.88. The van der Waals surface area contributed by atoms with E-state index in [0.29, 0.717) is 43.8 Å². The molecular weight excluding hydrogens is 394 g/mol. The Morgan fingerprint density at radius 2 is 1.71 bits per heavy atom. The summed E-state index contributed by atoms with van der Waals surface area (Å²) < 4.78 is 5.15. The van der Waals surface area contributed by atoms with E-state index in [0.717, 1.165) is 32.1 Å². The van der Waals surface area contributed by atoms with Crippen molar-refractivity contribution < 1.29 is 19.1 Å². The molecule has 170 valence electrons. The average molecular weight is 430 g/mol. The lowest BCUT2D eigenvalue weighted by atomic mass is 9.87. The summed E-state index contributed by atoms with van der Waals surface area (Å²) >= 11 is 0. The van der Waals surface area contributed by atoms with Gasteiger partial charge in [0.05, 0.1) is 7.11 Å². The number of methoxy groups -OCH3 is 1. The average Bonchev–Trinajstić information content (AvgIpc) is 3.35. The van der Waals surface area contributed by atoms with Crippen LogP contribution in [0.15, 0.2) is 24.3 Å². The minimum atomic E-state index is -0.607. The van der Waals surface area contributed by atoms with Crippen molar-refractivity contribution in [2.75, 3.05) is 26.7 Å². The van der Waals surface area contributed by atoms with Gasteiger partial charge in [-0.3, -0.25) is 14.4 Å². The first-order chi connectivity index (χ1) is 15.0. The molecule has 2 fully saturated rings. The third-order valence-corrected chi connectivity index (χ3v) is 6.50. The SMILES string of the molecule is CCCNC(=O)C(NC(=O)c1ccc(OC)cc1)C1CCN(C(=O)C2CCCC2)CC1. The van der Waals surface area contributed by atoms with Crippen molar-refractivity contribution in [1.82, 2.24) is 15.5 Å². The maximum atomic E-state index is 12.9. The summed E-state index contributed by atoms with van der Waals surface area (Å²) in [4.78, 5) is 40.4. The highest BCUT2D eigenvalue weighted by atomic mass is 16.5. The molecular formula is C24H35N3O4. The molecule has 0 bridgehead atoms. The second kappa shape index (κ2) is 11.2. The molecule has 0 aromatic heterocycles. The van der Waals surface area contributed by atoms with E-state index in [2.05, 4.69) is 10.6 Å². The number of nitrogens with one attached hydrogen (secondary N) is 2. The Morgan fingerprint density at radius 1 is 1.06 bits per heavy atom. The lowest BCUT2D eigenvalue weighted by Gasteiger charge is -2.36. The number of benzene rings is 1. The van der Waals surface area contributed by atoms with Gasteiger partial charge in [0, 0.05) is 31.1 Å². The zero-order chi connectivity index (χ0) is 22.2. The predicted molar refractivity (Wildman–Crippen MR) is 119 cm³/mol. The number of hydrogen-bond donors (Lipinski definition) is 2. The fourth-order valence-electron chi connectivity index (χ4n) is 4.61. The standard InChI is InChI=1S/C24H35N3O4/c1-3-14-25-23(29)21(26-22(28)18-8-10-20(31-2)11-9-18)17-12-15-27(16-13-17)24(30)19-6-4-5-7-19/h8-11,17,19,21H,3-7,12-16H2,1-2H3,(H,25,29)(H,26,28). The molecule has 2 N–H and O–H groups in total. The van der Waals surface area contributed by atoms with Crippen molar-refractivity contribution in [2.45, 2.75) is 57.9 Å². The highest BCUT2D eigenvalue weighted by molar-refractivity contribution is 5.97. The molecule has 1 unspecified atom stereocenters. The van der Waals surface area contributed by atoms with Gasteiger partial charge in [0.15, 0.2) is 0 Å². The molecule has 7 heteroatoms. The predicted octanol–water partition coefficient (Wildman–Crippen LogP) is 2.75. The van der Waals surface area contributed by atoms with Crippen LogP contribution in [0.4, 0.5) is 0 Å². The second-order valence-electron chi connectivity index (χ2n) is 8.61. The normalized spacial score (nSPS) is 18.5. The Kier molecular flexibility index (Phi) is 8.32. The maximum absolute atomic E-state index is 12.9. The number of carbonyl (C=O) groups is 3. The lowest BCUT2D eigenvalue weighted by molar-refractivity contribution is -0.137. The number of likely N-dealkylation sites (tertiary alicyclic amines) is 1. The van der Waals surface area contributed by atoms with Crippen LogP contribution < -0.4 is 15.4 Å². The molecule has 1 atom stereocenters. The largest absolute Gasteiger partial charge is 0.497 e. The molecule has 1 heterocycles. The first-order valence-corrected chi connectivity index (χ1v) is 11.5. The van der Waals surface area contributed by atoms with Crippen molar-refractivity contribution in [3.8, 4) is 5.75 Å². The minimum absolute atomic E-state index is 0.00619. The van der Waals surface area contributed by atoms with E-state index in [-0.39, 0.29) is 29.6 Å². The third kappa shape index (κ3) is 5.99. The van der Waals surface area contributed by atoms with Crippen LogP contribution in [0.1, 0.15) is 62.2 Å². The zero-order valence-electron chi connectivity index (χ0n) is 18.7. The summed E-state index contributed by atoms with van der Waals surface area (Å²) in [6, 6.07) is 6.24. The molecule has 3 amide bonds. The van der Waals surface area contributed by atoms with Crippen LogP contribution in [0.2, 0.25) is 0 Å². The van der Waals surface area contributed by atoms with Gasteiger partial charge < -0.3 is 20.3 Å². The Bertz CT molecular complexity index is 751. The first kappa shape index (κ1) is 23.1. The molecule has 7 nitrogen and oxygen atoms in total. The summed E-state index contributed by atoms with van der Waals surface area (Å²) in [7, 11) is 1.58. The van der Waals surface area contributed by atoms with Gasteiger partial charge in [-0.25, -0.2) is 0 Å². The van der Waals surface area contributed by atoms with Gasteiger partial charge in [0.25, 0.3) is 5.91 Å². The summed E-state index contributed by atoms with van der Waals surface area (Å²) in [6.07, 6.45) is 6.54. The monoisotopic (exact) mass is 429 g/mol. The van der Waals surface area contributed by atoms with Crippen molar-refractivity contribution in [1.29, 1.82) is 0 Å². The van der Waals surface area contributed by atoms with Gasteiger partial charge in [-0.15, -0.1) is 0 Å². The summed E-state index contributed by atoms with van der Waals surface area (Å²) in [5.41, 5.74) is 0.489. The molecule has 1 saturated carbocycles. The molecule has 1 aromatic rings. The van der Waals surface area contributed by atoms with E-state index in [1.54, 1.807) is 31.4 Å². The van der Waals surface area contributed by atoms with Crippen LogP contribution in [0.25, 0.3) is 0 Å². The van der Waals surface area contributed by atoms with Gasteiger partial charge in [-0.2, -0.15) is 0 Å². The number of amides is 3. The van der Waals surface area contributed by atoms with Crippen LogP contribution >= 0.6 is 0 Å². The second-order valence-corrected chi connectivity index (χ2v) is 8.61. The summed E-state index contributed by atoms with van der Waals surface area (Å²) in [6.45, 7) is 3.87. The Labute approximate surface area is 184 Å². The van der Waals surface area contributed by atoms with E-state index in [1.165, 1.54) is 0 Å². The minimum Gasteiger partial charge on any atom is -0.497 e.